The van der Waals surface area contributed by atoms with Crippen molar-refractivity contribution in [3.05, 3.63) is 23.3 Å². The van der Waals surface area contributed by atoms with E-state index in [9.17, 15) is 4.79 Å². The number of carbonyl (C=O) groups is 1. The molecule has 2 saturated heterocycles. The molecule has 0 radical (unpaired) electrons. The van der Waals surface area contributed by atoms with Crippen LogP contribution in [0.25, 0.3) is 0 Å². The third kappa shape index (κ3) is 3.46. The Hall–Kier alpha value is -0.930. The molecule has 3 nitrogen and oxygen atoms in total. The third-order valence-corrected chi connectivity index (χ3v) is 6.53. The minimum absolute atomic E-state index is 0.357. The zero-order valence-electron chi connectivity index (χ0n) is 15.5. The maximum Gasteiger partial charge on any atom is 0.184 e. The van der Waals surface area contributed by atoms with Crippen LogP contribution in [-0.2, 0) is 4.79 Å². The van der Waals surface area contributed by atoms with Gasteiger partial charge in [0.2, 0.25) is 0 Å². The number of likely N-dealkylation sites (N-methyl/N-ethyl adjacent to an activating group) is 2. The molecule has 2 aliphatic heterocycles. The maximum absolute atomic E-state index is 13.0. The van der Waals surface area contributed by atoms with E-state index in [-0.39, 0.29) is 0 Å². The van der Waals surface area contributed by atoms with Crippen LogP contribution in [0.15, 0.2) is 23.3 Å². The minimum Gasteiger partial charge on any atom is -0.323 e. The number of likely N-dealkylation sites (tertiary alicyclic amines) is 2. The molecule has 0 unspecified atom stereocenters. The molecule has 0 N–H and O–H groups in total. The predicted molar refractivity (Wildman–Crippen MR) is 95.0 cm³/mol. The second-order valence-electron chi connectivity index (χ2n) is 8.99. The summed E-state index contributed by atoms with van der Waals surface area (Å²) < 4.78 is 2.09. The first-order valence-electron chi connectivity index (χ1n) is 9.41. The lowest BCUT2D eigenvalue weighted by Gasteiger charge is -2.32. The molecule has 3 heteroatoms. The fourth-order valence-electron chi connectivity index (χ4n) is 4.70. The Balaban J connectivity index is 1.79. The maximum atomic E-state index is 13.0. The Morgan fingerprint density at radius 2 is 1.22 bits per heavy atom. The van der Waals surface area contributed by atoms with Crippen LogP contribution in [0.5, 0.6) is 0 Å². The molecule has 0 aromatic rings. The van der Waals surface area contributed by atoms with E-state index in [0.29, 0.717) is 17.9 Å². The highest BCUT2D eigenvalue weighted by Crippen LogP contribution is 2.32. The van der Waals surface area contributed by atoms with Gasteiger partial charge in [0.05, 0.1) is 41.3 Å². The van der Waals surface area contributed by atoms with E-state index in [1.54, 1.807) is 0 Å². The largest absolute Gasteiger partial charge is 0.323 e. The fraction of sp³-hybridized carbons (Fsp3) is 0.750. The zero-order chi connectivity index (χ0) is 16.7. The lowest BCUT2D eigenvalue weighted by Crippen LogP contribution is -2.43. The highest BCUT2D eigenvalue weighted by atomic mass is 16.1. The summed E-state index contributed by atoms with van der Waals surface area (Å²) in [5.41, 5.74) is 2.20. The molecule has 2 atom stereocenters. The quantitative estimate of drug-likeness (QED) is 0.565. The molecule has 1 saturated carbocycles. The zero-order valence-corrected chi connectivity index (χ0v) is 15.5. The van der Waals surface area contributed by atoms with Crippen molar-refractivity contribution < 1.29 is 13.8 Å². The first-order valence-corrected chi connectivity index (χ1v) is 9.41. The van der Waals surface area contributed by atoms with Gasteiger partial charge in [-0.25, -0.2) is 0 Å². The number of nitrogens with zero attached hydrogens (tertiary/aromatic N) is 2. The van der Waals surface area contributed by atoms with Gasteiger partial charge in [-0.3, -0.25) is 4.79 Å². The van der Waals surface area contributed by atoms with E-state index in [0.717, 1.165) is 39.4 Å². The van der Waals surface area contributed by atoms with E-state index in [1.165, 1.54) is 38.8 Å². The number of ketones is 1. The van der Waals surface area contributed by atoms with Crippen molar-refractivity contribution in [2.75, 3.05) is 41.3 Å². The molecular formula is C20H34N2O+2. The van der Waals surface area contributed by atoms with Gasteiger partial charge in [0, 0.05) is 36.8 Å². The molecule has 0 amide bonds. The summed E-state index contributed by atoms with van der Waals surface area (Å²) in [5.74, 6) is 0.357. The van der Waals surface area contributed by atoms with E-state index in [2.05, 4.69) is 40.3 Å². The van der Waals surface area contributed by atoms with Gasteiger partial charge in [0.25, 0.3) is 0 Å². The van der Waals surface area contributed by atoms with Crippen molar-refractivity contribution in [3.8, 4) is 0 Å². The molecule has 0 spiro atoms. The van der Waals surface area contributed by atoms with Crippen LogP contribution >= 0.6 is 0 Å². The van der Waals surface area contributed by atoms with Crippen LogP contribution in [0.2, 0.25) is 0 Å². The lowest BCUT2D eigenvalue weighted by molar-refractivity contribution is -0.895. The number of carbonyl (C=O) groups excluding carboxylic acids is 1. The van der Waals surface area contributed by atoms with Gasteiger partial charge in [0.15, 0.2) is 5.78 Å². The molecule has 0 aromatic carbocycles. The van der Waals surface area contributed by atoms with Crippen LogP contribution < -0.4 is 0 Å². The van der Waals surface area contributed by atoms with Crippen LogP contribution in [0.4, 0.5) is 0 Å². The number of rotatable bonds is 2. The van der Waals surface area contributed by atoms with Crippen LogP contribution in [0.3, 0.4) is 0 Å². The summed E-state index contributed by atoms with van der Waals surface area (Å²) in [6.45, 7) is 2.47. The smallest absolute Gasteiger partial charge is 0.184 e. The summed E-state index contributed by atoms with van der Waals surface area (Å²) in [6, 6.07) is 1.07. The number of hydrogen-bond donors (Lipinski definition) is 0. The summed E-state index contributed by atoms with van der Waals surface area (Å²) >= 11 is 0. The van der Waals surface area contributed by atoms with Crippen molar-refractivity contribution in [2.45, 2.75) is 57.0 Å². The topological polar surface area (TPSA) is 17.1 Å². The molecule has 1 aliphatic carbocycles. The van der Waals surface area contributed by atoms with Crippen LogP contribution in [-0.4, -0.2) is 68.1 Å². The van der Waals surface area contributed by atoms with Crippen molar-refractivity contribution >= 4 is 5.78 Å². The van der Waals surface area contributed by atoms with Crippen molar-refractivity contribution in [3.63, 3.8) is 0 Å². The molecule has 128 valence electrons. The Kier molecular flexibility index (Phi) is 4.54. The second-order valence-corrected chi connectivity index (χ2v) is 8.99. The second kappa shape index (κ2) is 6.18. The highest BCUT2D eigenvalue weighted by molar-refractivity contribution is 6.09. The molecule has 3 aliphatic rings. The number of allylic oxidation sites excluding steroid dienone is 2. The number of quaternary nitrogens is 2. The molecule has 3 rings (SSSR count). The standard InChI is InChI=1S/C20H34N2O/c1-21(2)12-6-10-18(21)14-16-8-5-9-17(20(16)23)15-19-11-7-13-22(19,3)4/h14-15,18-19H,5-13H2,1-4H3/q+2/b16-14+,17-15+/t18-,19+. The minimum atomic E-state index is 0.357. The van der Waals surface area contributed by atoms with E-state index in [4.69, 9.17) is 0 Å². The van der Waals surface area contributed by atoms with Gasteiger partial charge >= 0.3 is 0 Å². The van der Waals surface area contributed by atoms with Crippen molar-refractivity contribution in [1.29, 1.82) is 0 Å². The number of Topliss-reactive ketones (excluding diaryl/α,β-unsaturated/α-hetero) is 1. The Morgan fingerprint density at radius 3 is 1.57 bits per heavy atom. The lowest BCUT2D eigenvalue weighted by atomic mass is 9.86. The van der Waals surface area contributed by atoms with Gasteiger partial charge in [-0.1, -0.05) is 0 Å². The normalized spacial score (nSPS) is 37.0. The number of hydrogen-bond acceptors (Lipinski definition) is 1. The summed E-state index contributed by atoms with van der Waals surface area (Å²) in [6.07, 6.45) is 12.8. The Labute approximate surface area is 141 Å². The fourth-order valence-corrected chi connectivity index (χ4v) is 4.70. The van der Waals surface area contributed by atoms with E-state index < -0.39 is 0 Å². The van der Waals surface area contributed by atoms with E-state index >= 15 is 0 Å². The highest BCUT2D eigenvalue weighted by Gasteiger charge is 2.36. The Bertz CT molecular complexity index is 496. The Morgan fingerprint density at radius 1 is 0.783 bits per heavy atom. The van der Waals surface area contributed by atoms with Gasteiger partial charge in [-0.2, -0.15) is 0 Å². The van der Waals surface area contributed by atoms with E-state index in [1.807, 2.05) is 0 Å². The summed E-state index contributed by atoms with van der Waals surface area (Å²) in [7, 11) is 9.21. The van der Waals surface area contributed by atoms with Crippen LogP contribution in [0.1, 0.15) is 44.9 Å². The third-order valence-electron chi connectivity index (χ3n) is 6.53. The van der Waals surface area contributed by atoms with Gasteiger partial charge in [0.1, 0.15) is 12.1 Å². The summed E-state index contributed by atoms with van der Waals surface area (Å²) in [4.78, 5) is 13.0. The van der Waals surface area contributed by atoms with Crippen molar-refractivity contribution in [1.82, 2.24) is 0 Å². The first kappa shape index (κ1) is 16.9. The van der Waals surface area contributed by atoms with Crippen molar-refractivity contribution in [2.24, 2.45) is 0 Å². The predicted octanol–water partition coefficient (Wildman–Crippen LogP) is 3.07. The average Bonchev–Trinajstić information content (AvgIpc) is 2.97. The monoisotopic (exact) mass is 318 g/mol. The molecule has 3 fully saturated rings. The molecule has 23 heavy (non-hydrogen) atoms. The molecule has 0 aromatic heterocycles. The molecular weight excluding hydrogens is 284 g/mol. The summed E-state index contributed by atoms with van der Waals surface area (Å²) in [5, 5.41) is 0. The van der Waals surface area contributed by atoms with Gasteiger partial charge < -0.3 is 8.97 Å². The first-order chi connectivity index (χ1) is 10.8. The molecule has 0 bridgehead atoms. The van der Waals surface area contributed by atoms with Gasteiger partial charge in [-0.15, -0.1) is 0 Å². The van der Waals surface area contributed by atoms with Gasteiger partial charge in [-0.05, 0) is 31.4 Å². The SMILES string of the molecule is C[N+]1(C)CCC[C@H]1/C=C1\CCC/C(=C\[C@H]2CCC[N+]2(C)C)C1=O. The average molecular weight is 319 g/mol. The molecule has 2 heterocycles. The van der Waals surface area contributed by atoms with Crippen LogP contribution in [0, 0.1) is 0 Å².